The third-order valence-electron chi connectivity index (χ3n) is 6.07. The molecule has 0 amide bonds. The molecule has 1 aliphatic rings. The number of pyridine rings is 1. The van der Waals surface area contributed by atoms with Crippen molar-refractivity contribution in [1.82, 2.24) is 9.88 Å². The zero-order valence-electron chi connectivity index (χ0n) is 18.6. The van der Waals surface area contributed by atoms with Gasteiger partial charge in [0.15, 0.2) is 0 Å². The average Bonchev–Trinajstić information content (AvgIpc) is 2.84. The van der Waals surface area contributed by atoms with Gasteiger partial charge in [-0.15, -0.1) is 0 Å². The molecule has 0 saturated carbocycles. The second-order valence-electron chi connectivity index (χ2n) is 8.56. The Morgan fingerprint density at radius 2 is 1.88 bits per heavy atom. The predicted octanol–water partition coefficient (Wildman–Crippen LogP) is 5.58. The second kappa shape index (κ2) is 10.0. The number of benzene rings is 2. The molecule has 1 aliphatic heterocycles. The zero-order chi connectivity index (χ0) is 24.3. The second-order valence-corrected chi connectivity index (χ2v) is 9.43. The van der Waals surface area contributed by atoms with Crippen LogP contribution in [0.5, 0.6) is 0 Å². The molecule has 2 atom stereocenters. The van der Waals surface area contributed by atoms with E-state index in [1.165, 1.54) is 6.20 Å². The van der Waals surface area contributed by atoms with E-state index in [9.17, 15) is 10.4 Å². The smallest absolute Gasteiger partial charge is 0.205 e. The van der Waals surface area contributed by atoms with Gasteiger partial charge in [-0.25, -0.2) is 4.85 Å². The molecule has 0 aliphatic carbocycles. The molecule has 2 heterocycles. The van der Waals surface area contributed by atoms with Gasteiger partial charge >= 0.3 is 0 Å². The summed E-state index contributed by atoms with van der Waals surface area (Å²) < 4.78 is 0. The number of anilines is 1. The monoisotopic (exact) mass is 491 g/mol. The van der Waals surface area contributed by atoms with Gasteiger partial charge in [-0.3, -0.25) is 9.88 Å². The number of hydrogen-bond donors (Lipinski definition) is 1. The molecule has 4 rings (SSSR count). The molecule has 1 saturated heterocycles. The molecule has 0 radical (unpaired) electrons. The molecular weight excluding hydrogens is 469 g/mol. The minimum Gasteiger partial charge on any atom is -0.382 e. The number of piperazine rings is 1. The van der Waals surface area contributed by atoms with Crippen LogP contribution in [0, 0.1) is 17.9 Å². The van der Waals surface area contributed by atoms with Gasteiger partial charge in [0.1, 0.15) is 11.7 Å². The summed E-state index contributed by atoms with van der Waals surface area (Å²) in [5.74, 6) is 0. The SMILES string of the molecule is [C-]#[N+]c1ccc([C@](C)(O)CN2CCN(c3ccc(Cl)cc3C#N)[C@H](c3ccc(Cl)cc3)C2)nc1. The molecule has 1 N–H and O–H groups in total. The van der Waals surface area contributed by atoms with Crippen LogP contribution in [0.4, 0.5) is 11.4 Å². The van der Waals surface area contributed by atoms with Crippen molar-refractivity contribution < 1.29 is 5.11 Å². The molecule has 6 nitrogen and oxygen atoms in total. The number of β-amino-alcohol motifs (C(OH)–C–C–N with tert-alkyl or cyclic N) is 1. The lowest BCUT2D eigenvalue weighted by molar-refractivity contribution is 0.00680. The van der Waals surface area contributed by atoms with E-state index in [1.54, 1.807) is 31.2 Å². The topological polar surface area (TPSA) is 67.8 Å². The van der Waals surface area contributed by atoms with Gasteiger partial charge in [0.05, 0.1) is 29.6 Å². The Labute approximate surface area is 209 Å². The zero-order valence-corrected chi connectivity index (χ0v) is 20.1. The van der Waals surface area contributed by atoms with Crippen LogP contribution in [-0.4, -0.2) is 41.2 Å². The number of hydrogen-bond acceptors (Lipinski definition) is 5. The standard InChI is InChI=1S/C26H23Cl2N5O/c1-26(34,25-10-8-22(30-2)15-31-25)17-32-11-12-33(23-9-7-21(28)13-19(23)14-29)24(16-32)18-3-5-20(27)6-4-18/h3-10,13,15,24,34H,11-12,16-17H2,1H3/t24-,26+/m0/s1. The molecule has 8 heteroatoms. The number of aromatic nitrogens is 1. The maximum absolute atomic E-state index is 11.2. The Hall–Kier alpha value is -3.13. The molecule has 1 aromatic heterocycles. The van der Waals surface area contributed by atoms with E-state index in [-0.39, 0.29) is 6.04 Å². The highest BCUT2D eigenvalue weighted by molar-refractivity contribution is 6.31. The van der Waals surface area contributed by atoms with Crippen molar-refractivity contribution in [3.05, 3.63) is 99.1 Å². The van der Waals surface area contributed by atoms with Gasteiger partial charge < -0.3 is 10.0 Å². The van der Waals surface area contributed by atoms with Crippen molar-refractivity contribution in [3.63, 3.8) is 0 Å². The van der Waals surface area contributed by atoms with E-state index in [4.69, 9.17) is 29.8 Å². The summed E-state index contributed by atoms with van der Waals surface area (Å²) in [6.07, 6.45) is 1.48. The molecule has 1 fully saturated rings. The largest absolute Gasteiger partial charge is 0.382 e. The summed E-state index contributed by atoms with van der Waals surface area (Å²) in [7, 11) is 0. The maximum atomic E-state index is 11.2. The minimum atomic E-state index is -1.19. The molecule has 172 valence electrons. The van der Waals surface area contributed by atoms with Crippen LogP contribution in [0.25, 0.3) is 4.85 Å². The molecule has 3 aromatic rings. The lowest BCUT2D eigenvalue weighted by Crippen LogP contribution is -2.52. The fourth-order valence-electron chi connectivity index (χ4n) is 4.38. The van der Waals surface area contributed by atoms with Crippen molar-refractivity contribution in [2.75, 3.05) is 31.1 Å². The van der Waals surface area contributed by atoms with E-state index < -0.39 is 5.60 Å². The van der Waals surface area contributed by atoms with E-state index in [2.05, 4.69) is 25.7 Å². The van der Waals surface area contributed by atoms with Gasteiger partial charge in [0.25, 0.3) is 0 Å². The first-order valence-corrected chi connectivity index (χ1v) is 11.6. The van der Waals surface area contributed by atoms with Crippen molar-refractivity contribution in [2.24, 2.45) is 0 Å². The molecule has 0 spiro atoms. The van der Waals surface area contributed by atoms with Crippen LogP contribution in [0.2, 0.25) is 10.0 Å². The van der Waals surface area contributed by atoms with Crippen LogP contribution in [0.3, 0.4) is 0 Å². The van der Waals surface area contributed by atoms with Crippen molar-refractivity contribution in [3.8, 4) is 6.07 Å². The van der Waals surface area contributed by atoms with Crippen LogP contribution in [-0.2, 0) is 5.60 Å². The highest BCUT2D eigenvalue weighted by Crippen LogP contribution is 2.35. The Morgan fingerprint density at radius 3 is 2.53 bits per heavy atom. The normalized spacial score (nSPS) is 18.1. The lowest BCUT2D eigenvalue weighted by Gasteiger charge is -2.45. The molecule has 0 unspecified atom stereocenters. The Bertz CT molecular complexity index is 1250. The number of nitriles is 1. The third kappa shape index (κ3) is 5.17. The molecule has 2 aromatic carbocycles. The predicted molar refractivity (Wildman–Crippen MR) is 134 cm³/mol. The summed E-state index contributed by atoms with van der Waals surface area (Å²) in [6, 6.07) is 18.7. The fourth-order valence-corrected chi connectivity index (χ4v) is 4.68. The first kappa shape index (κ1) is 24.0. The van der Waals surface area contributed by atoms with Crippen molar-refractivity contribution in [1.29, 1.82) is 5.26 Å². The number of aliphatic hydroxyl groups is 1. The first-order chi connectivity index (χ1) is 16.3. The van der Waals surface area contributed by atoms with Crippen molar-refractivity contribution >= 4 is 34.6 Å². The van der Waals surface area contributed by atoms with Crippen LogP contribution in [0.1, 0.15) is 29.8 Å². The fraction of sp³-hybridized carbons (Fsp3) is 0.269. The van der Waals surface area contributed by atoms with Gasteiger partial charge in [-0.2, -0.15) is 5.26 Å². The third-order valence-corrected chi connectivity index (χ3v) is 6.56. The van der Waals surface area contributed by atoms with E-state index in [0.29, 0.717) is 53.2 Å². The summed E-state index contributed by atoms with van der Waals surface area (Å²) in [6.45, 7) is 11.2. The lowest BCUT2D eigenvalue weighted by atomic mass is 9.96. The van der Waals surface area contributed by atoms with E-state index in [0.717, 1.165) is 11.3 Å². The number of halogens is 2. The Balaban J connectivity index is 1.62. The molecular formula is C26H23Cl2N5O. The summed E-state index contributed by atoms with van der Waals surface area (Å²) in [4.78, 5) is 12.1. The summed E-state index contributed by atoms with van der Waals surface area (Å²) in [5, 5.41) is 22.1. The van der Waals surface area contributed by atoms with Gasteiger partial charge in [0, 0.05) is 42.4 Å². The van der Waals surface area contributed by atoms with Gasteiger partial charge in [0.2, 0.25) is 5.69 Å². The first-order valence-electron chi connectivity index (χ1n) is 10.8. The summed E-state index contributed by atoms with van der Waals surface area (Å²) in [5.41, 5.74) is 2.19. The highest BCUT2D eigenvalue weighted by Gasteiger charge is 2.34. The van der Waals surface area contributed by atoms with Crippen molar-refractivity contribution in [2.45, 2.75) is 18.6 Å². The van der Waals surface area contributed by atoms with Gasteiger partial charge in [-0.1, -0.05) is 41.4 Å². The van der Waals surface area contributed by atoms with Crippen LogP contribution in [0.15, 0.2) is 60.8 Å². The van der Waals surface area contributed by atoms with Gasteiger partial charge in [-0.05, 0) is 48.9 Å². The number of nitrogens with zero attached hydrogens (tertiary/aromatic N) is 5. The Kier molecular flexibility index (Phi) is 7.07. The maximum Gasteiger partial charge on any atom is 0.205 e. The van der Waals surface area contributed by atoms with Crippen LogP contribution < -0.4 is 4.90 Å². The molecule has 0 bridgehead atoms. The quantitative estimate of drug-likeness (QED) is 0.471. The Morgan fingerprint density at radius 1 is 1.15 bits per heavy atom. The molecule has 34 heavy (non-hydrogen) atoms. The average molecular weight is 492 g/mol. The van der Waals surface area contributed by atoms with E-state index in [1.807, 2.05) is 30.3 Å². The summed E-state index contributed by atoms with van der Waals surface area (Å²) >= 11 is 12.3. The number of rotatable bonds is 5. The van der Waals surface area contributed by atoms with E-state index >= 15 is 0 Å². The minimum absolute atomic E-state index is 0.0625. The van der Waals surface area contributed by atoms with Crippen LogP contribution >= 0.6 is 23.2 Å². The highest BCUT2D eigenvalue weighted by atomic mass is 35.5.